The van der Waals surface area contributed by atoms with Gasteiger partial charge in [0.05, 0.1) is 10.6 Å². The number of halogens is 1. The van der Waals surface area contributed by atoms with E-state index < -0.39 is 4.92 Å². The molecular formula is C13H12BrN3O2. The first-order valence-electron chi connectivity index (χ1n) is 5.76. The number of hydrogen-bond donors (Lipinski definition) is 0. The van der Waals surface area contributed by atoms with E-state index in [9.17, 15) is 10.1 Å². The molecule has 19 heavy (non-hydrogen) atoms. The summed E-state index contributed by atoms with van der Waals surface area (Å²) in [6, 6.07) is 8.18. The van der Waals surface area contributed by atoms with Crippen molar-refractivity contribution >= 4 is 21.6 Å². The molecule has 0 spiro atoms. The van der Waals surface area contributed by atoms with Crippen LogP contribution in [0, 0.1) is 10.1 Å². The number of nitrogens with zero attached hydrogens (tertiary/aromatic N) is 3. The Hall–Kier alpha value is -1.82. The standard InChI is InChI=1S/C13H12BrN3O2/c1-8(2)13-15-11(7-12(14)16-13)9-4-3-5-10(6-9)17(18)19/h3-8H,1-2H3. The van der Waals surface area contributed by atoms with Gasteiger partial charge in [-0.2, -0.15) is 0 Å². The Morgan fingerprint density at radius 2 is 2.00 bits per heavy atom. The summed E-state index contributed by atoms with van der Waals surface area (Å²) in [7, 11) is 0. The van der Waals surface area contributed by atoms with E-state index in [4.69, 9.17) is 0 Å². The second-order valence-electron chi connectivity index (χ2n) is 4.40. The van der Waals surface area contributed by atoms with Gasteiger partial charge in [0.1, 0.15) is 10.4 Å². The Bertz CT molecular complexity index is 629. The summed E-state index contributed by atoms with van der Waals surface area (Å²) in [5, 5.41) is 10.8. The lowest BCUT2D eigenvalue weighted by Crippen LogP contribution is -1.99. The zero-order valence-electron chi connectivity index (χ0n) is 10.5. The van der Waals surface area contributed by atoms with Crippen LogP contribution in [0.4, 0.5) is 5.69 Å². The van der Waals surface area contributed by atoms with Crippen LogP contribution in [0.5, 0.6) is 0 Å². The average Bonchev–Trinajstić information content (AvgIpc) is 2.38. The molecule has 0 radical (unpaired) electrons. The fourth-order valence-corrected chi connectivity index (χ4v) is 2.02. The molecule has 5 nitrogen and oxygen atoms in total. The van der Waals surface area contributed by atoms with Crippen LogP contribution in [0.1, 0.15) is 25.6 Å². The van der Waals surface area contributed by atoms with Crippen LogP contribution < -0.4 is 0 Å². The van der Waals surface area contributed by atoms with Crippen LogP contribution in [0.3, 0.4) is 0 Å². The van der Waals surface area contributed by atoms with Gasteiger partial charge in [0, 0.05) is 23.6 Å². The fraction of sp³-hybridized carbons (Fsp3) is 0.231. The van der Waals surface area contributed by atoms with Crippen LogP contribution >= 0.6 is 15.9 Å². The van der Waals surface area contributed by atoms with Crippen LogP contribution in [0.2, 0.25) is 0 Å². The van der Waals surface area contributed by atoms with Gasteiger partial charge in [-0.05, 0) is 22.0 Å². The number of rotatable bonds is 3. The van der Waals surface area contributed by atoms with E-state index in [0.717, 1.165) is 0 Å². The minimum atomic E-state index is -0.414. The molecule has 0 saturated heterocycles. The number of aromatic nitrogens is 2. The van der Waals surface area contributed by atoms with Crippen LogP contribution in [-0.4, -0.2) is 14.9 Å². The van der Waals surface area contributed by atoms with E-state index in [1.165, 1.54) is 12.1 Å². The highest BCUT2D eigenvalue weighted by Crippen LogP contribution is 2.25. The molecule has 0 unspecified atom stereocenters. The van der Waals surface area contributed by atoms with Crippen LogP contribution in [0.25, 0.3) is 11.3 Å². The number of non-ortho nitro benzene ring substituents is 1. The number of nitro groups is 1. The van der Waals surface area contributed by atoms with Gasteiger partial charge in [-0.25, -0.2) is 9.97 Å². The molecule has 0 aliphatic rings. The van der Waals surface area contributed by atoms with Gasteiger partial charge in [0.25, 0.3) is 5.69 Å². The molecule has 98 valence electrons. The molecule has 0 atom stereocenters. The summed E-state index contributed by atoms with van der Waals surface area (Å²) >= 11 is 3.34. The Morgan fingerprint density at radius 1 is 1.26 bits per heavy atom. The van der Waals surface area contributed by atoms with Gasteiger partial charge in [0.2, 0.25) is 0 Å². The Balaban J connectivity index is 2.52. The first-order valence-corrected chi connectivity index (χ1v) is 6.56. The van der Waals surface area contributed by atoms with Crippen molar-refractivity contribution in [3.8, 4) is 11.3 Å². The van der Waals surface area contributed by atoms with E-state index in [-0.39, 0.29) is 11.6 Å². The number of benzene rings is 1. The predicted octanol–water partition coefficient (Wildman–Crippen LogP) is 3.94. The molecule has 1 heterocycles. The second kappa shape index (κ2) is 5.44. The van der Waals surface area contributed by atoms with Crippen molar-refractivity contribution in [2.75, 3.05) is 0 Å². The minimum Gasteiger partial charge on any atom is -0.258 e. The maximum Gasteiger partial charge on any atom is 0.270 e. The third-order valence-electron chi connectivity index (χ3n) is 2.58. The van der Waals surface area contributed by atoms with Crippen molar-refractivity contribution < 1.29 is 4.92 Å². The Labute approximate surface area is 119 Å². The molecule has 1 aromatic carbocycles. The predicted molar refractivity (Wildman–Crippen MR) is 75.9 cm³/mol. The van der Waals surface area contributed by atoms with E-state index in [2.05, 4.69) is 25.9 Å². The zero-order chi connectivity index (χ0) is 14.0. The highest BCUT2D eigenvalue weighted by atomic mass is 79.9. The van der Waals surface area contributed by atoms with Gasteiger partial charge in [-0.3, -0.25) is 10.1 Å². The van der Waals surface area contributed by atoms with Crippen molar-refractivity contribution in [2.24, 2.45) is 0 Å². The maximum atomic E-state index is 10.8. The van der Waals surface area contributed by atoms with E-state index >= 15 is 0 Å². The van der Waals surface area contributed by atoms with Crippen molar-refractivity contribution in [3.05, 3.63) is 50.9 Å². The van der Waals surface area contributed by atoms with E-state index in [1.54, 1.807) is 18.2 Å². The monoisotopic (exact) mass is 321 g/mol. The van der Waals surface area contributed by atoms with Crippen molar-refractivity contribution in [2.45, 2.75) is 19.8 Å². The van der Waals surface area contributed by atoms with Crippen LogP contribution in [-0.2, 0) is 0 Å². The minimum absolute atomic E-state index is 0.0540. The normalized spacial score (nSPS) is 10.7. The van der Waals surface area contributed by atoms with Gasteiger partial charge < -0.3 is 0 Å². The third kappa shape index (κ3) is 3.14. The summed E-state index contributed by atoms with van der Waals surface area (Å²) in [5.74, 6) is 0.894. The quantitative estimate of drug-likeness (QED) is 0.487. The molecule has 0 aliphatic heterocycles. The summed E-state index contributed by atoms with van der Waals surface area (Å²) < 4.78 is 0.674. The summed E-state index contributed by atoms with van der Waals surface area (Å²) in [6.07, 6.45) is 0. The molecule has 6 heteroatoms. The Morgan fingerprint density at radius 3 is 2.63 bits per heavy atom. The average molecular weight is 322 g/mol. The molecular weight excluding hydrogens is 310 g/mol. The molecule has 0 saturated carbocycles. The van der Waals surface area contributed by atoms with Gasteiger partial charge in [-0.1, -0.05) is 26.0 Å². The molecule has 0 aliphatic carbocycles. The van der Waals surface area contributed by atoms with Gasteiger partial charge in [-0.15, -0.1) is 0 Å². The van der Waals surface area contributed by atoms with E-state index in [1.807, 2.05) is 13.8 Å². The highest BCUT2D eigenvalue weighted by Gasteiger charge is 2.11. The van der Waals surface area contributed by atoms with Gasteiger partial charge in [0.15, 0.2) is 0 Å². The molecule has 0 amide bonds. The molecule has 2 rings (SSSR count). The number of hydrogen-bond acceptors (Lipinski definition) is 4. The second-order valence-corrected chi connectivity index (χ2v) is 5.21. The lowest BCUT2D eigenvalue weighted by molar-refractivity contribution is -0.384. The fourth-order valence-electron chi connectivity index (χ4n) is 1.62. The topological polar surface area (TPSA) is 68.9 Å². The zero-order valence-corrected chi connectivity index (χ0v) is 12.1. The highest BCUT2D eigenvalue weighted by molar-refractivity contribution is 9.10. The van der Waals surface area contributed by atoms with Gasteiger partial charge >= 0.3 is 0 Å². The van der Waals surface area contributed by atoms with Crippen molar-refractivity contribution in [3.63, 3.8) is 0 Å². The molecule has 2 aromatic rings. The Kier molecular flexibility index (Phi) is 3.90. The summed E-state index contributed by atoms with van der Waals surface area (Å²) in [4.78, 5) is 19.1. The molecule has 0 fully saturated rings. The van der Waals surface area contributed by atoms with Crippen LogP contribution in [0.15, 0.2) is 34.9 Å². The lowest BCUT2D eigenvalue weighted by Gasteiger charge is -2.07. The first-order chi connectivity index (χ1) is 8.97. The molecule has 0 N–H and O–H groups in total. The maximum absolute atomic E-state index is 10.8. The van der Waals surface area contributed by atoms with Crippen molar-refractivity contribution in [1.29, 1.82) is 0 Å². The number of nitro benzene ring substituents is 1. The smallest absolute Gasteiger partial charge is 0.258 e. The van der Waals surface area contributed by atoms with Crippen molar-refractivity contribution in [1.82, 2.24) is 9.97 Å². The lowest BCUT2D eigenvalue weighted by atomic mass is 10.1. The largest absolute Gasteiger partial charge is 0.270 e. The molecule has 0 bridgehead atoms. The van der Waals surface area contributed by atoms with E-state index in [0.29, 0.717) is 21.7 Å². The molecule has 1 aromatic heterocycles. The first kappa shape index (κ1) is 13.6. The SMILES string of the molecule is CC(C)c1nc(Br)cc(-c2cccc([N+](=O)[O-])c2)n1. The summed E-state index contributed by atoms with van der Waals surface area (Å²) in [5.41, 5.74) is 1.44. The summed E-state index contributed by atoms with van der Waals surface area (Å²) in [6.45, 7) is 4.00. The third-order valence-corrected chi connectivity index (χ3v) is 2.99.